The van der Waals surface area contributed by atoms with Gasteiger partial charge in [0.25, 0.3) is 5.91 Å². The Bertz CT molecular complexity index is 766. The van der Waals surface area contributed by atoms with E-state index in [0.717, 1.165) is 48.6 Å². The van der Waals surface area contributed by atoms with Crippen LogP contribution in [-0.2, 0) is 11.2 Å². The number of anilines is 1. The second kappa shape index (κ2) is 7.79. The van der Waals surface area contributed by atoms with E-state index in [-0.39, 0.29) is 12.0 Å². The van der Waals surface area contributed by atoms with Crippen LogP contribution < -0.4 is 14.8 Å². The molecule has 0 aromatic heterocycles. The molecule has 2 heterocycles. The number of hydrogen-bond acceptors (Lipinski definition) is 4. The van der Waals surface area contributed by atoms with Crippen molar-refractivity contribution in [2.75, 3.05) is 25.1 Å². The van der Waals surface area contributed by atoms with E-state index in [9.17, 15) is 4.79 Å². The molecule has 0 spiro atoms. The molecule has 26 heavy (non-hydrogen) atoms. The molecule has 2 aromatic carbocycles. The van der Waals surface area contributed by atoms with Crippen molar-refractivity contribution in [1.29, 1.82) is 0 Å². The Hall–Kier alpha value is -2.53. The lowest BCUT2D eigenvalue weighted by molar-refractivity contribution is -0.0110. The highest BCUT2D eigenvalue weighted by Gasteiger charge is 2.16. The lowest BCUT2D eigenvalue weighted by Crippen LogP contribution is -2.25. The first-order chi connectivity index (χ1) is 12.8. The van der Waals surface area contributed by atoms with Crippen LogP contribution in [0.3, 0.4) is 0 Å². The number of carbonyl (C=O) groups is 1. The van der Waals surface area contributed by atoms with Crippen LogP contribution in [0.2, 0.25) is 0 Å². The number of fused-ring (bicyclic) bond motifs is 1. The summed E-state index contributed by atoms with van der Waals surface area (Å²) in [6.07, 6.45) is 4.44. The SMILES string of the molecule is O=C(Nc1ccc(OCC2CCCCO2)cc1)c1ccc2c(c1)CCO2. The average molecular weight is 353 g/mol. The molecule has 1 amide bonds. The summed E-state index contributed by atoms with van der Waals surface area (Å²) in [5, 5.41) is 2.92. The fourth-order valence-corrected chi connectivity index (χ4v) is 3.29. The first kappa shape index (κ1) is 16.9. The molecule has 1 saturated heterocycles. The van der Waals surface area contributed by atoms with Crippen molar-refractivity contribution >= 4 is 11.6 Å². The van der Waals surface area contributed by atoms with Gasteiger partial charge < -0.3 is 19.5 Å². The zero-order chi connectivity index (χ0) is 17.8. The van der Waals surface area contributed by atoms with Crippen molar-refractivity contribution in [3.8, 4) is 11.5 Å². The van der Waals surface area contributed by atoms with E-state index in [4.69, 9.17) is 14.2 Å². The zero-order valence-corrected chi connectivity index (χ0v) is 14.7. The van der Waals surface area contributed by atoms with Crippen molar-refractivity contribution in [3.05, 3.63) is 53.6 Å². The van der Waals surface area contributed by atoms with Crippen molar-refractivity contribution in [2.45, 2.75) is 31.8 Å². The number of carbonyl (C=O) groups excluding carboxylic acids is 1. The molecule has 0 bridgehead atoms. The Morgan fingerprint density at radius 2 is 2.00 bits per heavy atom. The third-order valence-electron chi connectivity index (χ3n) is 4.77. The summed E-state index contributed by atoms with van der Waals surface area (Å²) in [6.45, 7) is 2.09. The fraction of sp³-hybridized carbons (Fsp3) is 0.381. The van der Waals surface area contributed by atoms with Gasteiger partial charge in [-0.05, 0) is 67.3 Å². The van der Waals surface area contributed by atoms with Gasteiger partial charge in [-0.2, -0.15) is 0 Å². The van der Waals surface area contributed by atoms with Crippen molar-refractivity contribution in [3.63, 3.8) is 0 Å². The molecule has 1 N–H and O–H groups in total. The van der Waals surface area contributed by atoms with Crippen LogP contribution in [0.25, 0.3) is 0 Å². The second-order valence-electron chi connectivity index (χ2n) is 6.70. The van der Waals surface area contributed by atoms with E-state index in [1.54, 1.807) is 6.07 Å². The minimum absolute atomic E-state index is 0.121. The van der Waals surface area contributed by atoms with E-state index in [1.165, 1.54) is 6.42 Å². The van der Waals surface area contributed by atoms with Crippen LogP contribution in [0.1, 0.15) is 35.2 Å². The largest absolute Gasteiger partial charge is 0.493 e. The lowest BCUT2D eigenvalue weighted by atomic mass is 10.1. The highest BCUT2D eigenvalue weighted by Crippen LogP contribution is 2.26. The molecule has 2 aliphatic rings. The molecule has 5 nitrogen and oxygen atoms in total. The predicted molar refractivity (Wildman–Crippen MR) is 99.1 cm³/mol. The summed E-state index contributed by atoms with van der Waals surface area (Å²) in [6, 6.07) is 13.0. The minimum Gasteiger partial charge on any atom is -0.493 e. The monoisotopic (exact) mass is 353 g/mol. The third kappa shape index (κ3) is 3.99. The summed E-state index contributed by atoms with van der Waals surface area (Å²) < 4.78 is 16.9. The van der Waals surface area contributed by atoms with Crippen LogP contribution in [0.15, 0.2) is 42.5 Å². The van der Waals surface area contributed by atoms with Crippen LogP contribution in [0.5, 0.6) is 11.5 Å². The third-order valence-corrected chi connectivity index (χ3v) is 4.77. The van der Waals surface area contributed by atoms with Gasteiger partial charge in [0.05, 0.1) is 12.7 Å². The number of ether oxygens (including phenoxy) is 3. The van der Waals surface area contributed by atoms with Crippen LogP contribution in [-0.4, -0.2) is 31.8 Å². The highest BCUT2D eigenvalue weighted by molar-refractivity contribution is 6.04. The maximum Gasteiger partial charge on any atom is 0.255 e. The Labute approximate surface area is 153 Å². The summed E-state index contributed by atoms with van der Waals surface area (Å²) in [5.74, 6) is 1.54. The summed E-state index contributed by atoms with van der Waals surface area (Å²) in [5.41, 5.74) is 2.48. The fourth-order valence-electron chi connectivity index (χ4n) is 3.29. The van der Waals surface area contributed by atoms with Gasteiger partial charge in [0.2, 0.25) is 0 Å². The molecular formula is C21H23NO4. The van der Waals surface area contributed by atoms with E-state index in [1.807, 2.05) is 36.4 Å². The summed E-state index contributed by atoms with van der Waals surface area (Å²) >= 11 is 0. The molecule has 4 rings (SSSR count). The molecular weight excluding hydrogens is 330 g/mol. The smallest absolute Gasteiger partial charge is 0.255 e. The number of rotatable bonds is 5. The van der Waals surface area contributed by atoms with Gasteiger partial charge in [-0.3, -0.25) is 4.79 Å². The maximum atomic E-state index is 12.4. The van der Waals surface area contributed by atoms with Crippen LogP contribution in [0.4, 0.5) is 5.69 Å². The molecule has 0 radical (unpaired) electrons. The normalized spacial score (nSPS) is 18.7. The number of hydrogen-bond donors (Lipinski definition) is 1. The lowest BCUT2D eigenvalue weighted by Gasteiger charge is -2.22. The van der Waals surface area contributed by atoms with Gasteiger partial charge in [0, 0.05) is 24.3 Å². The van der Waals surface area contributed by atoms with Crippen LogP contribution >= 0.6 is 0 Å². The highest BCUT2D eigenvalue weighted by atomic mass is 16.5. The van der Waals surface area contributed by atoms with Gasteiger partial charge >= 0.3 is 0 Å². The summed E-state index contributed by atoms with van der Waals surface area (Å²) in [7, 11) is 0. The molecule has 2 aromatic rings. The molecule has 2 aliphatic heterocycles. The second-order valence-corrected chi connectivity index (χ2v) is 6.70. The Kier molecular flexibility index (Phi) is 5.07. The number of benzene rings is 2. The Morgan fingerprint density at radius 3 is 2.81 bits per heavy atom. The van der Waals surface area contributed by atoms with E-state index >= 15 is 0 Å². The average Bonchev–Trinajstić information content (AvgIpc) is 3.16. The molecule has 136 valence electrons. The van der Waals surface area contributed by atoms with Crippen molar-refractivity contribution in [1.82, 2.24) is 0 Å². The Morgan fingerprint density at radius 1 is 1.12 bits per heavy atom. The van der Waals surface area contributed by atoms with Crippen molar-refractivity contribution < 1.29 is 19.0 Å². The maximum absolute atomic E-state index is 12.4. The van der Waals surface area contributed by atoms with Gasteiger partial charge in [0.15, 0.2) is 0 Å². The standard InChI is InChI=1S/C21H23NO4/c23-21(16-4-9-20-15(13-16)10-12-25-20)22-17-5-7-18(8-6-17)26-14-19-3-1-2-11-24-19/h4-9,13,19H,1-3,10-12,14H2,(H,22,23). The van der Waals surface area contributed by atoms with Gasteiger partial charge in [-0.25, -0.2) is 0 Å². The van der Waals surface area contributed by atoms with E-state index in [2.05, 4.69) is 5.32 Å². The minimum atomic E-state index is -0.121. The predicted octanol–water partition coefficient (Wildman–Crippen LogP) is 3.82. The molecule has 1 fully saturated rings. The van der Waals surface area contributed by atoms with Gasteiger partial charge in [0.1, 0.15) is 18.1 Å². The number of amides is 1. The zero-order valence-electron chi connectivity index (χ0n) is 14.7. The molecule has 1 atom stereocenters. The quantitative estimate of drug-likeness (QED) is 0.888. The molecule has 1 unspecified atom stereocenters. The first-order valence-corrected chi connectivity index (χ1v) is 9.19. The van der Waals surface area contributed by atoms with Gasteiger partial charge in [-0.1, -0.05) is 0 Å². The van der Waals surface area contributed by atoms with Crippen LogP contribution in [0, 0.1) is 0 Å². The van der Waals surface area contributed by atoms with E-state index < -0.39 is 0 Å². The topological polar surface area (TPSA) is 56.8 Å². The van der Waals surface area contributed by atoms with Gasteiger partial charge in [-0.15, -0.1) is 0 Å². The molecule has 0 aliphatic carbocycles. The molecule has 5 heteroatoms. The number of nitrogens with one attached hydrogen (secondary N) is 1. The van der Waals surface area contributed by atoms with Crippen molar-refractivity contribution in [2.24, 2.45) is 0 Å². The first-order valence-electron chi connectivity index (χ1n) is 9.19. The molecule has 0 saturated carbocycles. The summed E-state index contributed by atoms with van der Waals surface area (Å²) in [4.78, 5) is 12.4. The Balaban J connectivity index is 1.32. The van der Waals surface area contributed by atoms with E-state index in [0.29, 0.717) is 18.8 Å².